The normalized spacial score (nSPS) is 34.6. The summed E-state index contributed by atoms with van der Waals surface area (Å²) in [6.07, 6.45) is 6.21. The van der Waals surface area contributed by atoms with Crippen LogP contribution in [0.5, 0.6) is 5.75 Å². The van der Waals surface area contributed by atoms with Crippen LogP contribution in [0.4, 0.5) is 0 Å². The molecule has 1 spiro atoms. The fourth-order valence-electron chi connectivity index (χ4n) is 6.53. The predicted octanol–water partition coefficient (Wildman–Crippen LogP) is 4.10. The molecule has 3 aliphatic rings. The Morgan fingerprint density at radius 2 is 2.03 bits per heavy atom. The highest BCUT2D eigenvalue weighted by Crippen LogP contribution is 2.70. The van der Waals surface area contributed by atoms with Gasteiger partial charge in [0, 0.05) is 18.8 Å². The summed E-state index contributed by atoms with van der Waals surface area (Å²) in [4.78, 5) is 17.0. The van der Waals surface area contributed by atoms with Crippen LogP contribution in [-0.2, 0) is 4.74 Å². The molecule has 5 rings (SSSR count). The Bertz CT molecular complexity index is 929. The summed E-state index contributed by atoms with van der Waals surface area (Å²) in [5, 5.41) is 13.1. The number of pyridine rings is 1. The lowest BCUT2D eigenvalue weighted by Gasteiger charge is -2.53. The van der Waals surface area contributed by atoms with Gasteiger partial charge in [0.15, 0.2) is 0 Å². The van der Waals surface area contributed by atoms with Crippen molar-refractivity contribution in [2.45, 2.75) is 45.3 Å². The summed E-state index contributed by atoms with van der Waals surface area (Å²) >= 11 is 0. The quantitative estimate of drug-likeness (QED) is 0.825. The first-order valence-corrected chi connectivity index (χ1v) is 10.5. The number of benzene rings is 1. The first-order valence-electron chi connectivity index (χ1n) is 10.5. The van der Waals surface area contributed by atoms with Crippen LogP contribution >= 0.6 is 0 Å². The van der Waals surface area contributed by atoms with Gasteiger partial charge >= 0.3 is 0 Å². The van der Waals surface area contributed by atoms with Crippen molar-refractivity contribution in [1.82, 2.24) is 10.3 Å². The van der Waals surface area contributed by atoms with E-state index in [1.165, 1.54) is 24.0 Å². The van der Waals surface area contributed by atoms with Gasteiger partial charge in [0.25, 0.3) is 5.91 Å². The highest BCUT2D eigenvalue weighted by Gasteiger charge is 2.68. The maximum Gasteiger partial charge on any atom is 0.253 e. The van der Waals surface area contributed by atoms with Crippen LogP contribution in [-0.4, -0.2) is 28.6 Å². The van der Waals surface area contributed by atoms with Gasteiger partial charge in [-0.3, -0.25) is 9.78 Å². The number of fused-ring (bicyclic) bond motifs is 1. The Hall–Kier alpha value is -2.40. The molecule has 1 amide bonds. The third kappa shape index (κ3) is 2.78. The van der Waals surface area contributed by atoms with E-state index in [0.717, 1.165) is 25.9 Å². The number of nitrogens with zero attached hydrogens (tertiary/aromatic N) is 1. The highest BCUT2D eigenvalue weighted by atomic mass is 16.5. The molecule has 0 unspecified atom stereocenters. The summed E-state index contributed by atoms with van der Waals surface area (Å²) in [7, 11) is 0. The summed E-state index contributed by atoms with van der Waals surface area (Å²) < 4.78 is 6.29. The Balaban J connectivity index is 1.48. The van der Waals surface area contributed by atoms with Gasteiger partial charge in [0.05, 0.1) is 17.9 Å². The fraction of sp³-hybridized carbons (Fsp3) is 0.500. The van der Waals surface area contributed by atoms with Crippen molar-refractivity contribution in [2.24, 2.45) is 22.7 Å². The SMILES string of the molecule is CC1(C)[C@@H]2C[C@@H]3[C@@H](c4ccccc4)OCC[C@]3(C2)[C@H]1NC(=O)c1cncc(O)c1. The summed E-state index contributed by atoms with van der Waals surface area (Å²) in [6, 6.07) is 12.1. The van der Waals surface area contributed by atoms with Crippen LogP contribution < -0.4 is 5.32 Å². The van der Waals surface area contributed by atoms with Gasteiger partial charge in [-0.2, -0.15) is 0 Å². The number of nitrogens with one attached hydrogen (secondary N) is 1. The maximum atomic E-state index is 13.0. The Kier molecular flexibility index (Phi) is 4.21. The lowest BCUT2D eigenvalue weighted by atomic mass is 9.59. The first kappa shape index (κ1) is 18.6. The Morgan fingerprint density at radius 1 is 1.24 bits per heavy atom. The molecule has 152 valence electrons. The Labute approximate surface area is 171 Å². The molecule has 0 radical (unpaired) electrons. The van der Waals surface area contributed by atoms with Crippen LogP contribution in [0.1, 0.15) is 55.1 Å². The predicted molar refractivity (Wildman–Crippen MR) is 109 cm³/mol. The molecule has 1 aliphatic heterocycles. The number of hydrogen-bond donors (Lipinski definition) is 2. The van der Waals surface area contributed by atoms with E-state index in [2.05, 4.69) is 48.4 Å². The largest absolute Gasteiger partial charge is 0.506 e. The van der Waals surface area contributed by atoms with Gasteiger partial charge < -0.3 is 15.2 Å². The molecule has 29 heavy (non-hydrogen) atoms. The molecule has 5 heteroatoms. The number of ether oxygens (including phenoxy) is 1. The molecule has 2 aromatic rings. The Morgan fingerprint density at radius 3 is 2.79 bits per heavy atom. The average Bonchev–Trinajstić information content (AvgIpc) is 3.21. The number of aromatic hydroxyl groups is 1. The molecule has 3 fully saturated rings. The number of aromatic nitrogens is 1. The topological polar surface area (TPSA) is 71.5 Å². The molecule has 2 heterocycles. The van der Waals surface area contributed by atoms with Crippen LogP contribution in [0.25, 0.3) is 0 Å². The molecule has 5 atom stereocenters. The van der Waals surface area contributed by atoms with E-state index in [9.17, 15) is 9.90 Å². The molecular formula is C24H28N2O3. The average molecular weight is 392 g/mol. The zero-order valence-corrected chi connectivity index (χ0v) is 17.0. The lowest BCUT2D eigenvalue weighted by Crippen LogP contribution is -2.58. The van der Waals surface area contributed by atoms with Gasteiger partial charge in [-0.15, -0.1) is 0 Å². The van der Waals surface area contributed by atoms with Crippen molar-refractivity contribution < 1.29 is 14.6 Å². The summed E-state index contributed by atoms with van der Waals surface area (Å²) in [5.74, 6) is 0.822. The molecule has 5 nitrogen and oxygen atoms in total. The van der Waals surface area contributed by atoms with E-state index in [0.29, 0.717) is 17.4 Å². The molecular weight excluding hydrogens is 364 g/mol. The number of carbonyl (C=O) groups excluding carboxylic acids is 1. The monoisotopic (exact) mass is 392 g/mol. The van der Waals surface area contributed by atoms with Crippen molar-refractivity contribution in [2.75, 3.05) is 6.61 Å². The zero-order chi connectivity index (χ0) is 20.2. The van der Waals surface area contributed by atoms with Crippen LogP contribution in [0.15, 0.2) is 48.8 Å². The van der Waals surface area contributed by atoms with E-state index in [-0.39, 0.29) is 34.6 Å². The third-order valence-electron chi connectivity index (χ3n) is 7.89. The molecule has 2 saturated carbocycles. The van der Waals surface area contributed by atoms with Gasteiger partial charge in [0.2, 0.25) is 0 Å². The van der Waals surface area contributed by atoms with Gasteiger partial charge in [-0.25, -0.2) is 0 Å². The number of hydrogen-bond acceptors (Lipinski definition) is 4. The van der Waals surface area contributed by atoms with E-state index < -0.39 is 0 Å². The van der Waals surface area contributed by atoms with Crippen LogP contribution in [0.3, 0.4) is 0 Å². The summed E-state index contributed by atoms with van der Waals surface area (Å²) in [5.41, 5.74) is 1.72. The molecule has 1 saturated heterocycles. The minimum absolute atomic E-state index is 0.0103. The van der Waals surface area contributed by atoms with E-state index in [4.69, 9.17) is 4.74 Å². The van der Waals surface area contributed by atoms with Gasteiger partial charge in [-0.1, -0.05) is 44.2 Å². The smallest absolute Gasteiger partial charge is 0.253 e. The van der Waals surface area contributed by atoms with Crippen LogP contribution in [0, 0.1) is 22.7 Å². The minimum Gasteiger partial charge on any atom is -0.506 e. The second-order valence-corrected chi connectivity index (χ2v) is 9.59. The van der Waals surface area contributed by atoms with Crippen molar-refractivity contribution in [1.29, 1.82) is 0 Å². The number of rotatable bonds is 3. The zero-order valence-electron chi connectivity index (χ0n) is 17.0. The molecule has 1 aromatic heterocycles. The molecule has 1 aromatic carbocycles. The molecule has 2 aliphatic carbocycles. The van der Waals surface area contributed by atoms with Crippen LogP contribution in [0.2, 0.25) is 0 Å². The molecule has 2 bridgehead atoms. The number of carbonyl (C=O) groups is 1. The second-order valence-electron chi connectivity index (χ2n) is 9.59. The van der Waals surface area contributed by atoms with E-state index in [1.54, 1.807) is 0 Å². The minimum atomic E-state index is -0.157. The standard InChI is InChI=1S/C24H28N2O3/c1-23(2)17-11-19-20(15-6-4-3-5-7-15)29-9-8-24(19,12-17)22(23)26-21(28)16-10-18(27)14-25-13-16/h3-7,10,13-14,17,19-20,22,27H,8-9,11-12H2,1-2H3,(H,26,28)/t17-,19-,20-,22+,24-/m1/s1. The van der Waals surface area contributed by atoms with E-state index >= 15 is 0 Å². The fourth-order valence-corrected chi connectivity index (χ4v) is 6.53. The van der Waals surface area contributed by atoms with Gasteiger partial charge in [-0.05, 0) is 53.6 Å². The van der Waals surface area contributed by atoms with Crippen molar-refractivity contribution >= 4 is 5.91 Å². The lowest BCUT2D eigenvalue weighted by molar-refractivity contribution is -0.120. The summed E-state index contributed by atoms with van der Waals surface area (Å²) in [6.45, 7) is 5.31. The number of amides is 1. The van der Waals surface area contributed by atoms with Crippen molar-refractivity contribution in [3.63, 3.8) is 0 Å². The van der Waals surface area contributed by atoms with Crippen molar-refractivity contribution in [3.05, 3.63) is 59.9 Å². The first-order chi connectivity index (χ1) is 13.9. The maximum absolute atomic E-state index is 13.0. The highest BCUT2D eigenvalue weighted by molar-refractivity contribution is 5.94. The second kappa shape index (κ2) is 6.56. The van der Waals surface area contributed by atoms with E-state index in [1.807, 2.05) is 6.07 Å². The van der Waals surface area contributed by atoms with Gasteiger partial charge in [0.1, 0.15) is 5.75 Å². The third-order valence-corrected chi connectivity index (χ3v) is 7.89. The molecule has 2 N–H and O–H groups in total. The van der Waals surface area contributed by atoms with Crippen molar-refractivity contribution in [3.8, 4) is 5.75 Å².